The molecule has 7 heteroatoms. The Morgan fingerprint density at radius 2 is 2.00 bits per heavy atom. The van der Waals surface area contributed by atoms with E-state index < -0.39 is 0 Å². The van der Waals surface area contributed by atoms with Gasteiger partial charge in [0, 0.05) is 25.7 Å². The van der Waals surface area contributed by atoms with Crippen molar-refractivity contribution < 1.29 is 0 Å². The van der Waals surface area contributed by atoms with Crippen LogP contribution in [0.25, 0.3) is 0 Å². The fourth-order valence-electron chi connectivity index (χ4n) is 1.89. The number of aromatic amines is 1. The Balaban J connectivity index is 0.00000128. The van der Waals surface area contributed by atoms with Gasteiger partial charge in [0.05, 0.1) is 16.4 Å². The molecule has 0 aromatic carbocycles. The number of halogens is 3. The van der Waals surface area contributed by atoms with Crippen molar-refractivity contribution in [3.8, 4) is 0 Å². The van der Waals surface area contributed by atoms with Crippen molar-refractivity contribution in [2.24, 2.45) is 5.73 Å². The zero-order valence-electron chi connectivity index (χ0n) is 9.78. The minimum absolute atomic E-state index is 0. The average Bonchev–Trinajstić information content (AvgIpc) is 2.53. The van der Waals surface area contributed by atoms with Crippen molar-refractivity contribution in [3.05, 3.63) is 16.4 Å². The summed E-state index contributed by atoms with van der Waals surface area (Å²) in [6.07, 6.45) is 2.14. The summed E-state index contributed by atoms with van der Waals surface area (Å²) in [6.45, 7) is 4.85. The predicted molar refractivity (Wildman–Crippen MR) is 75.3 cm³/mol. The van der Waals surface area contributed by atoms with Crippen molar-refractivity contribution in [3.63, 3.8) is 0 Å². The van der Waals surface area contributed by atoms with Crippen molar-refractivity contribution in [2.75, 3.05) is 13.1 Å². The third-order valence-corrected chi connectivity index (χ3v) is 3.45. The van der Waals surface area contributed by atoms with Crippen LogP contribution in [-0.4, -0.2) is 34.2 Å². The largest absolute Gasteiger partial charge is 0.328 e. The standard InChI is InChI=1S/C10H17ClN4.2ClH/c1-7-10(11)9(14-13-7)6-15-4-2-8(12)3-5-15;;/h8H,2-6,12H2,1H3,(H,13,14);2*1H. The maximum atomic E-state index is 6.11. The molecule has 1 aromatic heterocycles. The fourth-order valence-corrected chi connectivity index (χ4v) is 2.04. The van der Waals surface area contributed by atoms with Gasteiger partial charge in [-0.3, -0.25) is 10.00 Å². The Morgan fingerprint density at radius 3 is 2.47 bits per heavy atom. The molecule has 0 unspecified atom stereocenters. The Labute approximate surface area is 119 Å². The molecule has 0 bridgehead atoms. The second-order valence-corrected chi connectivity index (χ2v) is 4.60. The summed E-state index contributed by atoms with van der Waals surface area (Å²) in [6, 6.07) is 0.373. The summed E-state index contributed by atoms with van der Waals surface area (Å²) >= 11 is 6.11. The molecule has 1 saturated heterocycles. The lowest BCUT2D eigenvalue weighted by molar-refractivity contribution is 0.203. The Bertz CT molecular complexity index is 334. The van der Waals surface area contributed by atoms with E-state index in [0.717, 1.165) is 48.9 Å². The predicted octanol–water partition coefficient (Wildman–Crippen LogP) is 2.14. The molecule has 0 atom stereocenters. The average molecular weight is 302 g/mol. The molecule has 0 amide bonds. The van der Waals surface area contributed by atoms with Gasteiger partial charge in [-0.2, -0.15) is 5.10 Å². The minimum Gasteiger partial charge on any atom is -0.328 e. The lowest BCUT2D eigenvalue weighted by Crippen LogP contribution is -2.39. The van der Waals surface area contributed by atoms with E-state index in [-0.39, 0.29) is 24.8 Å². The lowest BCUT2D eigenvalue weighted by atomic mass is 10.1. The van der Waals surface area contributed by atoms with Crippen LogP contribution in [0.2, 0.25) is 5.02 Å². The molecule has 0 aliphatic carbocycles. The number of nitrogens with two attached hydrogens (primary N) is 1. The monoisotopic (exact) mass is 300 g/mol. The molecule has 1 aromatic rings. The van der Waals surface area contributed by atoms with E-state index in [0.29, 0.717) is 6.04 Å². The third-order valence-electron chi connectivity index (χ3n) is 2.95. The van der Waals surface area contributed by atoms with Gasteiger partial charge < -0.3 is 5.73 Å². The molecule has 0 saturated carbocycles. The first-order chi connectivity index (χ1) is 7.16. The Kier molecular flexibility index (Phi) is 7.44. The molecule has 1 aliphatic heterocycles. The van der Waals surface area contributed by atoms with Crippen molar-refractivity contribution in [2.45, 2.75) is 32.4 Å². The summed E-state index contributed by atoms with van der Waals surface area (Å²) in [5.74, 6) is 0. The second-order valence-electron chi connectivity index (χ2n) is 4.22. The van der Waals surface area contributed by atoms with Gasteiger partial charge >= 0.3 is 0 Å². The van der Waals surface area contributed by atoms with Crippen LogP contribution in [0.15, 0.2) is 0 Å². The molecular formula is C10H19Cl3N4. The normalized spacial score (nSPS) is 17.4. The Morgan fingerprint density at radius 1 is 1.41 bits per heavy atom. The minimum atomic E-state index is 0. The number of aryl methyl sites for hydroxylation is 1. The summed E-state index contributed by atoms with van der Waals surface area (Å²) in [5.41, 5.74) is 7.74. The summed E-state index contributed by atoms with van der Waals surface area (Å²) in [7, 11) is 0. The molecular weight excluding hydrogens is 282 g/mol. The van der Waals surface area contributed by atoms with E-state index in [1.807, 2.05) is 6.92 Å². The molecule has 0 spiro atoms. The van der Waals surface area contributed by atoms with Gasteiger partial charge in [-0.25, -0.2) is 0 Å². The van der Waals surface area contributed by atoms with Crippen LogP contribution in [0, 0.1) is 6.92 Å². The fraction of sp³-hybridized carbons (Fsp3) is 0.700. The van der Waals surface area contributed by atoms with E-state index in [4.69, 9.17) is 17.3 Å². The van der Waals surface area contributed by atoms with Gasteiger partial charge in [0.2, 0.25) is 0 Å². The van der Waals surface area contributed by atoms with Crippen molar-refractivity contribution in [1.29, 1.82) is 0 Å². The van der Waals surface area contributed by atoms with Crippen molar-refractivity contribution in [1.82, 2.24) is 15.1 Å². The quantitative estimate of drug-likeness (QED) is 0.880. The highest BCUT2D eigenvalue weighted by Crippen LogP contribution is 2.20. The van der Waals surface area contributed by atoms with Crippen LogP contribution in [-0.2, 0) is 6.54 Å². The molecule has 2 rings (SSSR count). The summed E-state index contributed by atoms with van der Waals surface area (Å²) in [5, 5.41) is 7.87. The number of hydrogen-bond donors (Lipinski definition) is 2. The highest BCUT2D eigenvalue weighted by Gasteiger charge is 2.18. The number of likely N-dealkylation sites (tertiary alicyclic amines) is 1. The molecule has 100 valence electrons. The van der Waals surface area contributed by atoms with Crippen LogP contribution >= 0.6 is 36.4 Å². The highest BCUT2D eigenvalue weighted by atomic mass is 35.5. The van der Waals surface area contributed by atoms with E-state index in [2.05, 4.69) is 15.1 Å². The van der Waals surface area contributed by atoms with Gasteiger partial charge in [0.25, 0.3) is 0 Å². The topological polar surface area (TPSA) is 57.9 Å². The third kappa shape index (κ3) is 4.30. The maximum absolute atomic E-state index is 6.11. The smallest absolute Gasteiger partial charge is 0.0951 e. The molecule has 4 nitrogen and oxygen atoms in total. The Hall–Kier alpha value is -0.000000000000000111. The van der Waals surface area contributed by atoms with Gasteiger partial charge in [-0.15, -0.1) is 24.8 Å². The second kappa shape index (κ2) is 7.44. The lowest BCUT2D eigenvalue weighted by Gasteiger charge is -2.29. The molecule has 3 N–H and O–H groups in total. The van der Waals surface area contributed by atoms with Crippen LogP contribution in [0.3, 0.4) is 0 Å². The summed E-state index contributed by atoms with van der Waals surface area (Å²) < 4.78 is 0. The van der Waals surface area contributed by atoms with Gasteiger partial charge in [0.15, 0.2) is 0 Å². The van der Waals surface area contributed by atoms with Crippen molar-refractivity contribution >= 4 is 36.4 Å². The molecule has 2 heterocycles. The van der Waals surface area contributed by atoms with Crippen LogP contribution in [0.5, 0.6) is 0 Å². The first kappa shape index (κ1) is 17.0. The van der Waals surface area contributed by atoms with Crippen LogP contribution in [0.1, 0.15) is 24.2 Å². The number of nitrogens with one attached hydrogen (secondary N) is 1. The number of aromatic nitrogens is 2. The number of H-pyrrole nitrogens is 1. The molecule has 0 radical (unpaired) electrons. The maximum Gasteiger partial charge on any atom is 0.0951 e. The van der Waals surface area contributed by atoms with E-state index in [1.54, 1.807) is 0 Å². The first-order valence-corrected chi connectivity index (χ1v) is 5.72. The zero-order valence-corrected chi connectivity index (χ0v) is 12.2. The van der Waals surface area contributed by atoms with Crippen LogP contribution < -0.4 is 5.73 Å². The van der Waals surface area contributed by atoms with E-state index in [9.17, 15) is 0 Å². The van der Waals surface area contributed by atoms with E-state index in [1.165, 1.54) is 0 Å². The molecule has 17 heavy (non-hydrogen) atoms. The number of rotatable bonds is 2. The van der Waals surface area contributed by atoms with Gasteiger partial charge in [-0.05, 0) is 19.8 Å². The number of nitrogens with zero attached hydrogens (tertiary/aromatic N) is 2. The van der Waals surface area contributed by atoms with E-state index >= 15 is 0 Å². The number of piperidine rings is 1. The SMILES string of the molecule is Cc1[nH]nc(CN2CCC(N)CC2)c1Cl.Cl.Cl. The van der Waals surface area contributed by atoms with Gasteiger partial charge in [-0.1, -0.05) is 11.6 Å². The van der Waals surface area contributed by atoms with Crippen LogP contribution in [0.4, 0.5) is 0 Å². The van der Waals surface area contributed by atoms with Gasteiger partial charge in [0.1, 0.15) is 0 Å². The summed E-state index contributed by atoms with van der Waals surface area (Å²) in [4.78, 5) is 2.35. The molecule has 1 aliphatic rings. The highest BCUT2D eigenvalue weighted by molar-refractivity contribution is 6.31. The first-order valence-electron chi connectivity index (χ1n) is 5.34. The molecule has 1 fully saturated rings. The zero-order chi connectivity index (χ0) is 10.8. The number of hydrogen-bond acceptors (Lipinski definition) is 3.